The number of rotatable bonds is 4. The summed E-state index contributed by atoms with van der Waals surface area (Å²) in [5.74, 6) is 0.193. The Kier molecular flexibility index (Phi) is 4.03. The van der Waals surface area contributed by atoms with Crippen LogP contribution >= 0.6 is 11.3 Å². The van der Waals surface area contributed by atoms with Crippen molar-refractivity contribution < 1.29 is 4.79 Å². The molecule has 1 saturated heterocycles. The van der Waals surface area contributed by atoms with Gasteiger partial charge in [-0.3, -0.25) is 4.79 Å². The van der Waals surface area contributed by atoms with Gasteiger partial charge < -0.3 is 10.2 Å². The van der Waals surface area contributed by atoms with Crippen LogP contribution in [0.1, 0.15) is 30.1 Å². The van der Waals surface area contributed by atoms with Crippen LogP contribution in [0.25, 0.3) is 10.1 Å². The molecular weight excluding hydrogens is 268 g/mol. The zero-order valence-corrected chi connectivity index (χ0v) is 12.6. The van der Waals surface area contributed by atoms with Gasteiger partial charge in [-0.1, -0.05) is 25.1 Å². The fourth-order valence-electron chi connectivity index (χ4n) is 2.89. The highest BCUT2D eigenvalue weighted by Crippen LogP contribution is 2.27. The zero-order chi connectivity index (χ0) is 13.9. The van der Waals surface area contributed by atoms with Gasteiger partial charge in [0.15, 0.2) is 0 Å². The second-order valence-electron chi connectivity index (χ2n) is 5.29. The van der Waals surface area contributed by atoms with Gasteiger partial charge in [-0.15, -0.1) is 11.3 Å². The third kappa shape index (κ3) is 2.45. The second kappa shape index (κ2) is 5.94. The number of hydrogen-bond acceptors (Lipinski definition) is 3. The first kappa shape index (κ1) is 13.6. The van der Waals surface area contributed by atoms with Crippen molar-refractivity contribution in [1.29, 1.82) is 0 Å². The summed E-state index contributed by atoms with van der Waals surface area (Å²) >= 11 is 1.66. The third-order valence-corrected chi connectivity index (χ3v) is 4.88. The maximum absolute atomic E-state index is 12.9. The van der Waals surface area contributed by atoms with E-state index in [1.807, 2.05) is 17.5 Å². The molecule has 1 aliphatic heterocycles. The first-order valence-electron chi connectivity index (χ1n) is 7.29. The lowest BCUT2D eigenvalue weighted by molar-refractivity contribution is 0.0695. The molecule has 3 nitrogen and oxygen atoms in total. The largest absolute Gasteiger partial charge is 0.334 e. The van der Waals surface area contributed by atoms with E-state index in [0.717, 1.165) is 43.4 Å². The standard InChI is InChI=1S/C16H20N2OS/c1-2-9-18(12-7-8-17-10-12)16(19)14-11-20-15-6-4-3-5-13(14)15/h3-6,11-12,17H,2,7-10H2,1H3. The predicted molar refractivity (Wildman–Crippen MR) is 84.4 cm³/mol. The number of benzene rings is 1. The molecule has 1 atom stereocenters. The predicted octanol–water partition coefficient (Wildman–Crippen LogP) is 3.12. The molecule has 1 aliphatic rings. The van der Waals surface area contributed by atoms with E-state index in [1.54, 1.807) is 11.3 Å². The summed E-state index contributed by atoms with van der Waals surface area (Å²) in [6, 6.07) is 8.51. The van der Waals surface area contributed by atoms with Gasteiger partial charge in [0.05, 0.1) is 5.56 Å². The Labute approximate surface area is 123 Å². The molecule has 0 bridgehead atoms. The van der Waals surface area contributed by atoms with E-state index in [-0.39, 0.29) is 5.91 Å². The normalized spacial score (nSPS) is 18.6. The van der Waals surface area contributed by atoms with E-state index < -0.39 is 0 Å². The molecule has 2 heterocycles. The third-order valence-electron chi connectivity index (χ3n) is 3.91. The molecule has 1 amide bonds. The Bertz CT molecular complexity index is 601. The van der Waals surface area contributed by atoms with Crippen LogP contribution in [0.3, 0.4) is 0 Å². The fraction of sp³-hybridized carbons (Fsp3) is 0.438. The maximum Gasteiger partial charge on any atom is 0.255 e. The van der Waals surface area contributed by atoms with Crippen LogP contribution in [0.5, 0.6) is 0 Å². The highest BCUT2D eigenvalue weighted by atomic mass is 32.1. The average molecular weight is 288 g/mol. The summed E-state index contributed by atoms with van der Waals surface area (Å²) in [5, 5.41) is 6.46. The van der Waals surface area contributed by atoms with E-state index >= 15 is 0 Å². The molecule has 1 N–H and O–H groups in total. The van der Waals surface area contributed by atoms with Gasteiger partial charge in [-0.2, -0.15) is 0 Å². The van der Waals surface area contributed by atoms with Crippen LogP contribution in [0.4, 0.5) is 0 Å². The molecule has 4 heteroatoms. The van der Waals surface area contributed by atoms with Crippen molar-refractivity contribution in [3.05, 3.63) is 35.2 Å². The number of nitrogens with zero attached hydrogens (tertiary/aromatic N) is 1. The SMILES string of the molecule is CCCN(C(=O)c1csc2ccccc12)C1CCNC1. The number of nitrogens with one attached hydrogen (secondary N) is 1. The Balaban J connectivity index is 1.92. The Hall–Kier alpha value is -1.39. The Morgan fingerprint density at radius 3 is 3.05 bits per heavy atom. The molecule has 0 radical (unpaired) electrons. The fourth-order valence-corrected chi connectivity index (χ4v) is 3.83. The van der Waals surface area contributed by atoms with Crippen LogP contribution in [-0.4, -0.2) is 36.5 Å². The first-order valence-corrected chi connectivity index (χ1v) is 8.17. The maximum atomic E-state index is 12.9. The number of hydrogen-bond donors (Lipinski definition) is 1. The van der Waals surface area contributed by atoms with Gasteiger partial charge in [0.2, 0.25) is 0 Å². The van der Waals surface area contributed by atoms with Crippen molar-refractivity contribution in [2.24, 2.45) is 0 Å². The Morgan fingerprint density at radius 1 is 1.45 bits per heavy atom. The molecule has 3 rings (SSSR count). The Morgan fingerprint density at radius 2 is 2.30 bits per heavy atom. The lowest BCUT2D eigenvalue weighted by Crippen LogP contribution is -2.42. The molecule has 106 valence electrons. The highest BCUT2D eigenvalue weighted by molar-refractivity contribution is 7.17. The summed E-state index contributed by atoms with van der Waals surface area (Å²) in [6.07, 6.45) is 2.07. The van der Waals surface area contributed by atoms with Crippen LogP contribution in [0, 0.1) is 0 Å². The summed E-state index contributed by atoms with van der Waals surface area (Å²) in [7, 11) is 0. The highest BCUT2D eigenvalue weighted by Gasteiger charge is 2.27. The number of fused-ring (bicyclic) bond motifs is 1. The van der Waals surface area contributed by atoms with E-state index in [1.165, 1.54) is 4.70 Å². The molecule has 1 unspecified atom stereocenters. The number of carbonyl (C=O) groups excluding carboxylic acids is 1. The molecule has 1 fully saturated rings. The van der Waals surface area contributed by atoms with E-state index in [9.17, 15) is 4.79 Å². The zero-order valence-electron chi connectivity index (χ0n) is 11.8. The molecule has 0 aliphatic carbocycles. The van der Waals surface area contributed by atoms with Gasteiger partial charge in [0.25, 0.3) is 5.91 Å². The van der Waals surface area contributed by atoms with Crippen molar-refractivity contribution >= 4 is 27.3 Å². The smallest absolute Gasteiger partial charge is 0.255 e. The van der Waals surface area contributed by atoms with Gasteiger partial charge in [-0.05, 0) is 25.5 Å². The van der Waals surface area contributed by atoms with Crippen molar-refractivity contribution in [3.63, 3.8) is 0 Å². The number of carbonyl (C=O) groups is 1. The summed E-state index contributed by atoms with van der Waals surface area (Å²) in [5.41, 5.74) is 0.867. The van der Waals surface area contributed by atoms with Crippen LogP contribution in [0.15, 0.2) is 29.6 Å². The monoisotopic (exact) mass is 288 g/mol. The van der Waals surface area contributed by atoms with Crippen molar-refractivity contribution in [1.82, 2.24) is 10.2 Å². The quantitative estimate of drug-likeness (QED) is 0.937. The average Bonchev–Trinajstić information content (AvgIpc) is 3.13. The van der Waals surface area contributed by atoms with Crippen LogP contribution < -0.4 is 5.32 Å². The summed E-state index contributed by atoms with van der Waals surface area (Å²) in [4.78, 5) is 15.0. The second-order valence-corrected chi connectivity index (χ2v) is 6.20. The van der Waals surface area contributed by atoms with E-state index in [2.05, 4.69) is 29.3 Å². The van der Waals surface area contributed by atoms with Crippen molar-refractivity contribution in [2.75, 3.05) is 19.6 Å². The van der Waals surface area contributed by atoms with Gasteiger partial charge >= 0.3 is 0 Å². The minimum Gasteiger partial charge on any atom is -0.334 e. The number of thiophene rings is 1. The van der Waals surface area contributed by atoms with E-state index in [0.29, 0.717) is 6.04 Å². The minimum atomic E-state index is 0.193. The molecular formula is C16H20N2OS. The van der Waals surface area contributed by atoms with Gasteiger partial charge in [0, 0.05) is 34.6 Å². The van der Waals surface area contributed by atoms with E-state index in [4.69, 9.17) is 0 Å². The summed E-state index contributed by atoms with van der Waals surface area (Å²) in [6.45, 7) is 4.92. The van der Waals surface area contributed by atoms with Gasteiger partial charge in [-0.25, -0.2) is 0 Å². The van der Waals surface area contributed by atoms with Crippen molar-refractivity contribution in [3.8, 4) is 0 Å². The van der Waals surface area contributed by atoms with Crippen LogP contribution in [0.2, 0.25) is 0 Å². The lowest BCUT2D eigenvalue weighted by atomic mass is 10.1. The number of amides is 1. The minimum absolute atomic E-state index is 0.193. The van der Waals surface area contributed by atoms with Crippen LogP contribution in [-0.2, 0) is 0 Å². The molecule has 20 heavy (non-hydrogen) atoms. The summed E-state index contributed by atoms with van der Waals surface area (Å²) < 4.78 is 1.19. The molecule has 1 aromatic heterocycles. The van der Waals surface area contributed by atoms with Gasteiger partial charge in [0.1, 0.15) is 0 Å². The lowest BCUT2D eigenvalue weighted by Gasteiger charge is -2.28. The molecule has 2 aromatic rings. The molecule has 1 aromatic carbocycles. The van der Waals surface area contributed by atoms with Crippen molar-refractivity contribution in [2.45, 2.75) is 25.8 Å². The molecule has 0 saturated carbocycles. The first-order chi connectivity index (χ1) is 9.81. The molecule has 0 spiro atoms. The topological polar surface area (TPSA) is 32.3 Å².